The summed E-state index contributed by atoms with van der Waals surface area (Å²) in [5.41, 5.74) is 0.956. The van der Waals surface area contributed by atoms with Crippen LogP contribution in [0.3, 0.4) is 0 Å². The van der Waals surface area contributed by atoms with Gasteiger partial charge in [-0.3, -0.25) is 14.4 Å². The lowest BCUT2D eigenvalue weighted by Gasteiger charge is -2.32. The molecular weight excluding hydrogens is 378 g/mol. The Morgan fingerprint density at radius 2 is 1.73 bits per heavy atom. The van der Waals surface area contributed by atoms with Gasteiger partial charge in [-0.05, 0) is 37.2 Å². The summed E-state index contributed by atoms with van der Waals surface area (Å²) in [4.78, 5) is 39.8. The van der Waals surface area contributed by atoms with E-state index in [2.05, 4.69) is 10.6 Å². The van der Waals surface area contributed by atoms with Gasteiger partial charge in [-0.2, -0.15) is 0 Å². The van der Waals surface area contributed by atoms with Gasteiger partial charge in [-0.1, -0.05) is 56.0 Å². The topological polar surface area (TPSA) is 78.5 Å². The van der Waals surface area contributed by atoms with Gasteiger partial charge < -0.3 is 15.5 Å². The molecule has 0 aromatic heterocycles. The van der Waals surface area contributed by atoms with Crippen molar-refractivity contribution in [3.63, 3.8) is 0 Å². The van der Waals surface area contributed by atoms with Crippen LogP contribution in [0.2, 0.25) is 0 Å². The van der Waals surface area contributed by atoms with E-state index in [1.165, 1.54) is 12.8 Å². The predicted molar refractivity (Wildman–Crippen MR) is 117 cm³/mol. The maximum atomic E-state index is 13.2. The van der Waals surface area contributed by atoms with E-state index < -0.39 is 0 Å². The molecule has 1 heterocycles. The molecule has 2 N–H and O–H groups in total. The second kappa shape index (κ2) is 11.7. The number of benzene rings is 1. The number of hydrogen-bond donors (Lipinski definition) is 2. The molecule has 1 unspecified atom stereocenters. The first kappa shape index (κ1) is 22.3. The smallest absolute Gasteiger partial charge is 0.242 e. The van der Waals surface area contributed by atoms with Crippen molar-refractivity contribution in [3.8, 4) is 0 Å². The lowest BCUT2D eigenvalue weighted by Crippen LogP contribution is -2.44. The van der Waals surface area contributed by atoms with E-state index in [-0.39, 0.29) is 36.7 Å². The molecule has 2 fully saturated rings. The lowest BCUT2D eigenvalue weighted by atomic mass is 10.0. The summed E-state index contributed by atoms with van der Waals surface area (Å²) in [5.74, 6) is 0.269. The monoisotopic (exact) mass is 413 g/mol. The molecule has 1 aromatic carbocycles. The van der Waals surface area contributed by atoms with Crippen LogP contribution in [0, 0.1) is 5.92 Å². The van der Waals surface area contributed by atoms with Gasteiger partial charge in [0.1, 0.15) is 0 Å². The summed E-state index contributed by atoms with van der Waals surface area (Å²) in [6, 6.07) is 9.43. The van der Waals surface area contributed by atoms with Crippen LogP contribution >= 0.6 is 0 Å². The normalized spacial score (nSPS) is 21.5. The average molecular weight is 414 g/mol. The predicted octanol–water partition coefficient (Wildman–Crippen LogP) is 3.33. The summed E-state index contributed by atoms with van der Waals surface area (Å²) >= 11 is 0. The van der Waals surface area contributed by atoms with Crippen molar-refractivity contribution in [1.29, 1.82) is 0 Å². The molecule has 6 nitrogen and oxygen atoms in total. The molecule has 0 spiro atoms. The quantitative estimate of drug-likeness (QED) is 0.777. The zero-order chi connectivity index (χ0) is 21.2. The van der Waals surface area contributed by atoms with Gasteiger partial charge in [0.2, 0.25) is 17.7 Å². The fourth-order valence-electron chi connectivity index (χ4n) is 4.60. The molecule has 0 bridgehead atoms. The van der Waals surface area contributed by atoms with Crippen LogP contribution in [-0.2, 0) is 14.4 Å². The van der Waals surface area contributed by atoms with Crippen LogP contribution in [0.15, 0.2) is 30.3 Å². The first-order valence-corrected chi connectivity index (χ1v) is 11.5. The van der Waals surface area contributed by atoms with E-state index in [1.54, 1.807) is 4.90 Å². The Morgan fingerprint density at radius 1 is 1.00 bits per heavy atom. The van der Waals surface area contributed by atoms with Crippen molar-refractivity contribution in [2.45, 2.75) is 70.3 Å². The van der Waals surface area contributed by atoms with Gasteiger partial charge in [0.25, 0.3) is 0 Å². The Labute approximate surface area is 179 Å². The highest BCUT2D eigenvalue weighted by atomic mass is 16.2. The van der Waals surface area contributed by atoms with E-state index in [0.29, 0.717) is 25.4 Å². The van der Waals surface area contributed by atoms with E-state index >= 15 is 0 Å². The molecule has 1 atom stereocenters. The van der Waals surface area contributed by atoms with Crippen molar-refractivity contribution in [2.75, 3.05) is 19.6 Å². The minimum Gasteiger partial charge on any atom is -0.356 e. The maximum absolute atomic E-state index is 13.2. The second-order valence-electron chi connectivity index (χ2n) is 8.61. The van der Waals surface area contributed by atoms with Crippen LogP contribution < -0.4 is 10.6 Å². The zero-order valence-electron chi connectivity index (χ0n) is 17.9. The number of carbonyl (C=O) groups is 3. The minimum atomic E-state index is -0.316. The highest BCUT2D eigenvalue weighted by Gasteiger charge is 2.28. The zero-order valence-corrected chi connectivity index (χ0v) is 17.9. The van der Waals surface area contributed by atoms with Crippen LogP contribution in [-0.4, -0.2) is 42.3 Å². The molecule has 1 aromatic rings. The average Bonchev–Trinajstić information content (AvgIpc) is 3.24. The van der Waals surface area contributed by atoms with Crippen molar-refractivity contribution in [3.05, 3.63) is 35.9 Å². The molecular formula is C24H35N3O3. The Morgan fingerprint density at radius 3 is 2.50 bits per heavy atom. The van der Waals surface area contributed by atoms with Crippen molar-refractivity contribution in [1.82, 2.24) is 15.5 Å². The van der Waals surface area contributed by atoms with Crippen molar-refractivity contribution < 1.29 is 14.4 Å². The summed E-state index contributed by atoms with van der Waals surface area (Å²) in [6.07, 6.45) is 9.30. The second-order valence-corrected chi connectivity index (χ2v) is 8.61. The summed E-state index contributed by atoms with van der Waals surface area (Å²) in [7, 11) is 0. The molecule has 0 radical (unpaired) electrons. The number of nitrogens with one attached hydrogen (secondary N) is 2. The Balaban J connectivity index is 1.68. The van der Waals surface area contributed by atoms with E-state index in [1.807, 2.05) is 30.3 Å². The first-order valence-electron chi connectivity index (χ1n) is 11.5. The third-order valence-electron chi connectivity index (χ3n) is 6.29. The third-order valence-corrected chi connectivity index (χ3v) is 6.29. The standard InChI is InChI=1S/C24H35N3O3/c28-22(16-19-10-6-7-11-19)26-18-24(30)27-15-9-2-1-8-14-25-23(29)17-21(27)20-12-4-3-5-13-20/h3-5,12-13,19,21H,1-2,6-11,14-18H2,(H,25,29)(H,26,28). The Kier molecular flexibility index (Phi) is 8.72. The van der Waals surface area contributed by atoms with Crippen molar-refractivity contribution >= 4 is 17.7 Å². The molecule has 1 saturated heterocycles. The highest BCUT2D eigenvalue weighted by molar-refractivity contribution is 5.86. The molecule has 3 rings (SSSR count). The molecule has 1 aliphatic carbocycles. The van der Waals surface area contributed by atoms with Gasteiger partial charge in [0, 0.05) is 19.5 Å². The molecule has 6 heteroatoms. The van der Waals surface area contributed by atoms with Gasteiger partial charge in [0.15, 0.2) is 0 Å². The summed E-state index contributed by atoms with van der Waals surface area (Å²) in [5, 5.41) is 5.82. The van der Waals surface area contributed by atoms with E-state index in [4.69, 9.17) is 0 Å². The van der Waals surface area contributed by atoms with E-state index in [9.17, 15) is 14.4 Å². The fourth-order valence-corrected chi connectivity index (χ4v) is 4.60. The van der Waals surface area contributed by atoms with Gasteiger partial charge in [-0.25, -0.2) is 0 Å². The lowest BCUT2D eigenvalue weighted by molar-refractivity contribution is -0.136. The van der Waals surface area contributed by atoms with Gasteiger partial charge >= 0.3 is 0 Å². The number of nitrogens with zero attached hydrogens (tertiary/aromatic N) is 1. The number of rotatable bonds is 5. The van der Waals surface area contributed by atoms with Gasteiger partial charge in [0.05, 0.1) is 19.0 Å². The Hall–Kier alpha value is -2.37. The van der Waals surface area contributed by atoms with E-state index in [0.717, 1.165) is 44.1 Å². The molecule has 164 valence electrons. The third kappa shape index (κ3) is 6.85. The van der Waals surface area contributed by atoms with Crippen LogP contribution in [0.5, 0.6) is 0 Å². The van der Waals surface area contributed by atoms with Crippen LogP contribution in [0.4, 0.5) is 0 Å². The molecule has 3 amide bonds. The van der Waals surface area contributed by atoms with Crippen LogP contribution in [0.1, 0.15) is 75.8 Å². The summed E-state index contributed by atoms with van der Waals surface area (Å²) in [6.45, 7) is 1.28. The largest absolute Gasteiger partial charge is 0.356 e. The summed E-state index contributed by atoms with van der Waals surface area (Å²) < 4.78 is 0. The minimum absolute atomic E-state index is 0.00347. The molecule has 30 heavy (non-hydrogen) atoms. The first-order chi connectivity index (χ1) is 14.6. The maximum Gasteiger partial charge on any atom is 0.242 e. The molecule has 1 aliphatic heterocycles. The SMILES string of the molecule is O=C(CC1CCCC1)NCC(=O)N1CCCCCCNC(=O)CC1c1ccccc1. The fraction of sp³-hybridized carbons (Fsp3) is 0.625. The highest BCUT2D eigenvalue weighted by Crippen LogP contribution is 2.28. The number of carbonyl (C=O) groups excluding carboxylic acids is 3. The number of hydrogen-bond acceptors (Lipinski definition) is 3. The Bertz CT molecular complexity index is 701. The molecule has 2 aliphatic rings. The molecule has 1 saturated carbocycles. The van der Waals surface area contributed by atoms with Crippen molar-refractivity contribution in [2.24, 2.45) is 5.92 Å². The number of amides is 3. The van der Waals surface area contributed by atoms with Gasteiger partial charge in [-0.15, -0.1) is 0 Å². The van der Waals surface area contributed by atoms with Crippen LogP contribution in [0.25, 0.3) is 0 Å².